The molecular weight excluding hydrogens is 238 g/mol. The van der Waals surface area contributed by atoms with Gasteiger partial charge in [0.05, 0.1) is 0 Å². The van der Waals surface area contributed by atoms with Gasteiger partial charge in [-0.2, -0.15) is 0 Å². The topological polar surface area (TPSA) is 38.3 Å². The number of carbonyl (C=O) groups is 1. The van der Waals surface area contributed by atoms with Crippen molar-refractivity contribution in [3.8, 4) is 5.75 Å². The van der Waals surface area contributed by atoms with Crippen LogP contribution in [0.15, 0.2) is 30.3 Å². The van der Waals surface area contributed by atoms with E-state index < -0.39 is 0 Å². The fraction of sp³-hybridized carbons (Fsp3) is 0.562. The molecule has 0 aliphatic heterocycles. The summed E-state index contributed by atoms with van der Waals surface area (Å²) in [4.78, 5) is 12.2. The fourth-order valence-electron chi connectivity index (χ4n) is 2.53. The highest BCUT2D eigenvalue weighted by Crippen LogP contribution is 2.18. The average molecular weight is 261 g/mol. The highest BCUT2D eigenvalue weighted by molar-refractivity contribution is 5.81. The van der Waals surface area contributed by atoms with Gasteiger partial charge in [-0.15, -0.1) is 0 Å². The molecular formula is C16H23NO2. The van der Waals surface area contributed by atoms with Gasteiger partial charge in [0, 0.05) is 6.04 Å². The third-order valence-electron chi connectivity index (χ3n) is 3.64. The Morgan fingerprint density at radius 1 is 1.26 bits per heavy atom. The van der Waals surface area contributed by atoms with Gasteiger partial charge in [0.2, 0.25) is 0 Å². The lowest BCUT2D eigenvalue weighted by Crippen LogP contribution is -2.44. The van der Waals surface area contributed by atoms with Crippen molar-refractivity contribution in [2.24, 2.45) is 0 Å². The largest absolute Gasteiger partial charge is 0.481 e. The van der Waals surface area contributed by atoms with Gasteiger partial charge in [-0.1, -0.05) is 44.4 Å². The molecule has 0 heterocycles. The summed E-state index contributed by atoms with van der Waals surface area (Å²) in [5.41, 5.74) is 0. The Bertz CT molecular complexity index is 385. The second-order valence-electron chi connectivity index (χ2n) is 5.17. The first-order valence-corrected chi connectivity index (χ1v) is 7.31. The molecule has 1 fully saturated rings. The van der Waals surface area contributed by atoms with E-state index in [-0.39, 0.29) is 12.0 Å². The summed E-state index contributed by atoms with van der Waals surface area (Å²) in [6.45, 7) is 1.98. The first kappa shape index (κ1) is 13.9. The first-order valence-electron chi connectivity index (χ1n) is 7.31. The van der Waals surface area contributed by atoms with E-state index >= 15 is 0 Å². The van der Waals surface area contributed by atoms with Crippen LogP contribution in [-0.4, -0.2) is 18.1 Å². The van der Waals surface area contributed by atoms with Crippen LogP contribution in [0.4, 0.5) is 0 Å². The van der Waals surface area contributed by atoms with Crippen LogP contribution < -0.4 is 10.1 Å². The van der Waals surface area contributed by atoms with Crippen molar-refractivity contribution in [1.82, 2.24) is 5.32 Å². The Morgan fingerprint density at radius 3 is 2.58 bits per heavy atom. The van der Waals surface area contributed by atoms with Crippen LogP contribution in [0.25, 0.3) is 0 Å². The minimum Gasteiger partial charge on any atom is -0.481 e. The van der Waals surface area contributed by atoms with Gasteiger partial charge in [-0.25, -0.2) is 0 Å². The molecule has 1 atom stereocenters. The van der Waals surface area contributed by atoms with Crippen LogP contribution >= 0.6 is 0 Å². The van der Waals surface area contributed by atoms with E-state index in [1.807, 2.05) is 37.3 Å². The molecule has 1 aliphatic rings. The molecule has 0 radical (unpaired) electrons. The zero-order valence-corrected chi connectivity index (χ0v) is 11.6. The third-order valence-corrected chi connectivity index (χ3v) is 3.64. The van der Waals surface area contributed by atoms with E-state index in [9.17, 15) is 4.79 Å². The molecule has 0 bridgehead atoms. The van der Waals surface area contributed by atoms with Crippen molar-refractivity contribution in [2.45, 2.75) is 57.6 Å². The molecule has 1 aromatic carbocycles. The number of hydrogen-bond acceptors (Lipinski definition) is 2. The number of ether oxygens (including phenoxy) is 1. The summed E-state index contributed by atoms with van der Waals surface area (Å²) in [6, 6.07) is 9.89. The quantitative estimate of drug-likeness (QED) is 0.883. The summed E-state index contributed by atoms with van der Waals surface area (Å²) in [5.74, 6) is 0.784. The molecule has 0 unspecified atom stereocenters. The first-order chi connectivity index (χ1) is 9.29. The lowest BCUT2D eigenvalue weighted by Gasteiger charge is -2.25. The van der Waals surface area contributed by atoms with Crippen molar-refractivity contribution >= 4 is 5.91 Å². The Labute approximate surface area is 115 Å². The van der Waals surface area contributed by atoms with Crippen molar-refractivity contribution in [1.29, 1.82) is 0 Å². The van der Waals surface area contributed by atoms with Gasteiger partial charge >= 0.3 is 0 Å². The van der Waals surface area contributed by atoms with E-state index in [1.165, 1.54) is 19.3 Å². The Kier molecular flexibility index (Phi) is 5.25. The normalized spacial score (nSPS) is 17.7. The second kappa shape index (κ2) is 7.17. The van der Waals surface area contributed by atoms with E-state index in [1.54, 1.807) is 0 Å². The summed E-state index contributed by atoms with van der Waals surface area (Å²) < 4.78 is 5.75. The van der Waals surface area contributed by atoms with Crippen LogP contribution in [0.3, 0.4) is 0 Å². The summed E-state index contributed by atoms with van der Waals surface area (Å²) in [6.07, 6.45) is 6.26. The van der Waals surface area contributed by atoms with Crippen molar-refractivity contribution in [3.63, 3.8) is 0 Å². The molecule has 19 heavy (non-hydrogen) atoms. The standard InChI is InChI=1S/C16H23NO2/c1-2-15(19-14-11-7-4-8-12-14)16(18)17-13-9-5-3-6-10-13/h4,7-8,11-13,15H,2-3,5-6,9-10H2,1H3,(H,17,18)/t15-/m0/s1. The molecule has 3 nitrogen and oxygen atoms in total. The predicted molar refractivity (Wildman–Crippen MR) is 76.2 cm³/mol. The number of rotatable bonds is 5. The monoisotopic (exact) mass is 261 g/mol. The summed E-state index contributed by atoms with van der Waals surface area (Å²) >= 11 is 0. The molecule has 1 N–H and O–H groups in total. The molecule has 1 amide bonds. The number of amides is 1. The molecule has 2 rings (SSSR count). The van der Waals surface area contributed by atoms with Crippen molar-refractivity contribution < 1.29 is 9.53 Å². The number of nitrogens with one attached hydrogen (secondary N) is 1. The molecule has 104 valence electrons. The molecule has 1 aromatic rings. The lowest BCUT2D eigenvalue weighted by molar-refractivity contribution is -0.129. The van der Waals surface area contributed by atoms with Gasteiger partial charge < -0.3 is 10.1 Å². The summed E-state index contributed by atoms with van der Waals surface area (Å²) in [7, 11) is 0. The number of hydrogen-bond donors (Lipinski definition) is 1. The lowest BCUT2D eigenvalue weighted by atomic mass is 9.95. The van der Waals surface area contributed by atoms with Crippen molar-refractivity contribution in [3.05, 3.63) is 30.3 Å². The zero-order valence-electron chi connectivity index (χ0n) is 11.6. The van der Waals surface area contributed by atoms with E-state index in [0.29, 0.717) is 12.5 Å². The highest BCUT2D eigenvalue weighted by atomic mass is 16.5. The Hall–Kier alpha value is -1.51. The van der Waals surface area contributed by atoms with Crippen LogP contribution in [0, 0.1) is 0 Å². The van der Waals surface area contributed by atoms with E-state index in [0.717, 1.165) is 18.6 Å². The smallest absolute Gasteiger partial charge is 0.261 e. The van der Waals surface area contributed by atoms with Gasteiger partial charge in [0.25, 0.3) is 5.91 Å². The molecule has 3 heteroatoms. The highest BCUT2D eigenvalue weighted by Gasteiger charge is 2.22. The number of carbonyl (C=O) groups excluding carboxylic acids is 1. The molecule has 0 saturated heterocycles. The number of para-hydroxylation sites is 1. The van der Waals surface area contributed by atoms with Gasteiger partial charge in [0.1, 0.15) is 5.75 Å². The van der Waals surface area contributed by atoms with E-state index in [2.05, 4.69) is 5.32 Å². The zero-order chi connectivity index (χ0) is 13.5. The molecule has 0 spiro atoms. The van der Waals surface area contributed by atoms with Gasteiger partial charge in [-0.05, 0) is 31.4 Å². The predicted octanol–water partition coefficient (Wildman–Crippen LogP) is 3.29. The van der Waals surface area contributed by atoms with Crippen molar-refractivity contribution in [2.75, 3.05) is 0 Å². The second-order valence-corrected chi connectivity index (χ2v) is 5.17. The van der Waals surface area contributed by atoms with Crippen LogP contribution in [0.1, 0.15) is 45.4 Å². The van der Waals surface area contributed by atoms with Crippen LogP contribution in [-0.2, 0) is 4.79 Å². The van der Waals surface area contributed by atoms with E-state index in [4.69, 9.17) is 4.74 Å². The fourth-order valence-corrected chi connectivity index (χ4v) is 2.53. The average Bonchev–Trinajstić information content (AvgIpc) is 2.47. The Morgan fingerprint density at radius 2 is 1.95 bits per heavy atom. The summed E-state index contributed by atoms with van der Waals surface area (Å²) in [5, 5.41) is 3.13. The maximum absolute atomic E-state index is 12.2. The van der Waals surface area contributed by atoms with Gasteiger partial charge in [-0.3, -0.25) is 4.79 Å². The third kappa shape index (κ3) is 4.27. The maximum atomic E-state index is 12.2. The minimum atomic E-state index is -0.385. The minimum absolute atomic E-state index is 0.0262. The molecule has 1 saturated carbocycles. The maximum Gasteiger partial charge on any atom is 0.261 e. The van der Waals surface area contributed by atoms with Crippen LogP contribution in [0.2, 0.25) is 0 Å². The number of benzene rings is 1. The SMILES string of the molecule is CC[C@H](Oc1ccccc1)C(=O)NC1CCCCC1. The Balaban J connectivity index is 1.87. The van der Waals surface area contributed by atoms with Gasteiger partial charge in [0.15, 0.2) is 6.10 Å². The molecule has 1 aliphatic carbocycles. The molecule has 0 aromatic heterocycles. The van der Waals surface area contributed by atoms with Crippen LogP contribution in [0.5, 0.6) is 5.75 Å².